The molecule has 16 heteroatoms. The fraction of sp³-hybridized carbons (Fsp3) is 1.00. The maximum absolute atomic E-state index is 11.1. The Balaban J connectivity index is 1.42. The van der Waals surface area contributed by atoms with Gasteiger partial charge in [-0.05, 0) is 19.3 Å². The molecule has 256 valence electrons. The van der Waals surface area contributed by atoms with Crippen molar-refractivity contribution in [2.75, 3.05) is 27.4 Å². The second kappa shape index (κ2) is 14.6. The van der Waals surface area contributed by atoms with Crippen LogP contribution in [0.5, 0.6) is 0 Å². The second-order valence-corrected chi connectivity index (χ2v) is 12.8. The summed E-state index contributed by atoms with van der Waals surface area (Å²) in [6.45, 7) is -1.03. The number of methoxy groups -OCH3 is 2. The van der Waals surface area contributed by atoms with E-state index < -0.39 is 105 Å². The summed E-state index contributed by atoms with van der Waals surface area (Å²) in [5.41, 5.74) is 0. The second-order valence-electron chi connectivity index (χ2n) is 12.8. The molecule has 0 bridgehead atoms. The standard InChI is InChI=1S/C28H48O16/c1-38-16-3-10(4-17(39-2)21(16)34)25-18(7-12-13(31)5-11(30)6-15(12)41-25)42-28-26(23(36)22(35)19(8-29)43-28)44-27-24(37)20(33)14(32)9-40-27/h10-37H,3-9H2,1-2H3/p+1. The molecule has 0 radical (unpaired) electrons. The van der Waals surface area contributed by atoms with Crippen LogP contribution in [-0.2, 0) is 28.4 Å². The lowest BCUT2D eigenvalue weighted by molar-refractivity contribution is -0.382. The molecule has 0 aromatic carbocycles. The van der Waals surface area contributed by atoms with Crippen molar-refractivity contribution in [3.05, 3.63) is 0 Å². The van der Waals surface area contributed by atoms with Gasteiger partial charge < -0.3 is 79.1 Å². The highest BCUT2D eigenvalue weighted by atomic mass is 16.8. The van der Waals surface area contributed by atoms with Crippen LogP contribution in [0.4, 0.5) is 0 Å². The van der Waals surface area contributed by atoms with Crippen molar-refractivity contribution in [3.8, 4) is 0 Å². The zero-order chi connectivity index (χ0) is 31.9. The third-order valence-electron chi connectivity index (χ3n) is 10.1. The summed E-state index contributed by atoms with van der Waals surface area (Å²) in [7, 11) is 2.99. The molecule has 10 N–H and O–H groups in total. The molecule has 5 fully saturated rings. The number of hydrogen-bond donors (Lipinski definition) is 9. The molecule has 17 unspecified atom stereocenters. The average Bonchev–Trinajstić information content (AvgIpc) is 3.00. The molecule has 5 rings (SSSR count). The first kappa shape index (κ1) is 34.7. The third kappa shape index (κ3) is 6.96. The lowest BCUT2D eigenvalue weighted by atomic mass is 9.72. The fourth-order valence-corrected chi connectivity index (χ4v) is 7.53. The van der Waals surface area contributed by atoms with E-state index in [-0.39, 0.29) is 37.4 Å². The van der Waals surface area contributed by atoms with Gasteiger partial charge in [0, 0.05) is 33.0 Å². The maximum atomic E-state index is 11.1. The molecule has 3 aliphatic heterocycles. The van der Waals surface area contributed by atoms with E-state index in [1.165, 1.54) is 14.2 Å². The smallest absolute Gasteiger partial charge is 0.187 e. The molecule has 3 saturated heterocycles. The number of rotatable bonds is 8. The minimum absolute atomic E-state index is 0.176. The summed E-state index contributed by atoms with van der Waals surface area (Å²) >= 11 is 0. The van der Waals surface area contributed by atoms with Crippen LogP contribution in [0.3, 0.4) is 0 Å². The van der Waals surface area contributed by atoms with Crippen molar-refractivity contribution in [1.82, 2.24) is 0 Å². The van der Waals surface area contributed by atoms with Crippen LogP contribution < -0.4 is 0 Å². The molecule has 5 aliphatic rings. The molecule has 2 saturated carbocycles. The van der Waals surface area contributed by atoms with Gasteiger partial charge in [0.25, 0.3) is 0 Å². The number of aliphatic hydroxyl groups excluding tert-OH is 9. The molecule has 0 amide bonds. The normalized spacial score (nSPS) is 53.7. The Labute approximate surface area is 255 Å². The Morgan fingerprint density at radius 2 is 1.36 bits per heavy atom. The molecule has 17 atom stereocenters. The molecule has 0 aromatic rings. The summed E-state index contributed by atoms with van der Waals surface area (Å²) < 4.78 is 39.7. The van der Waals surface area contributed by atoms with Crippen LogP contribution in [0, 0.1) is 11.8 Å². The Bertz CT molecular complexity index is 901. The number of aliphatic hydroxyl groups is 11. The summed E-state index contributed by atoms with van der Waals surface area (Å²) in [6, 6.07) is 0. The zero-order valence-corrected chi connectivity index (χ0v) is 24.8. The van der Waals surface area contributed by atoms with E-state index in [2.05, 4.69) is 0 Å². The maximum Gasteiger partial charge on any atom is 0.187 e. The SMILES string of the molecule is COC1CC(C2[OH+]C3CC(O)CC(O)C3CC2OC2OC(CO)C(O)C(O)C2OC2OCC(O)C(O)C2O)CC(OC)C1O. The summed E-state index contributed by atoms with van der Waals surface area (Å²) in [5.74, 6) is -0.597. The quantitative estimate of drug-likeness (QED) is 0.113. The Hall–Kier alpha value is -0.640. The van der Waals surface area contributed by atoms with Crippen LogP contribution in [0.25, 0.3) is 0 Å². The van der Waals surface area contributed by atoms with E-state index in [0.717, 1.165) is 0 Å². The Morgan fingerprint density at radius 1 is 0.682 bits per heavy atom. The van der Waals surface area contributed by atoms with Crippen LogP contribution in [0.1, 0.15) is 32.1 Å². The summed E-state index contributed by atoms with van der Waals surface area (Å²) in [4.78, 5) is 0. The predicted molar refractivity (Wildman–Crippen MR) is 145 cm³/mol. The van der Waals surface area contributed by atoms with E-state index in [0.29, 0.717) is 19.3 Å². The summed E-state index contributed by atoms with van der Waals surface area (Å²) in [5, 5.41) is 94.1. The van der Waals surface area contributed by atoms with Crippen molar-refractivity contribution in [2.45, 2.75) is 136 Å². The van der Waals surface area contributed by atoms with Crippen molar-refractivity contribution >= 4 is 0 Å². The van der Waals surface area contributed by atoms with Gasteiger partial charge in [0.2, 0.25) is 0 Å². The van der Waals surface area contributed by atoms with Gasteiger partial charge in [0.05, 0.1) is 43.5 Å². The van der Waals surface area contributed by atoms with Crippen LogP contribution in [0.15, 0.2) is 0 Å². The van der Waals surface area contributed by atoms with Gasteiger partial charge in [-0.25, -0.2) is 0 Å². The van der Waals surface area contributed by atoms with E-state index in [4.69, 9.17) is 33.2 Å². The minimum Gasteiger partial charge on any atom is -0.427 e. The van der Waals surface area contributed by atoms with Gasteiger partial charge in [0.15, 0.2) is 24.8 Å². The fourth-order valence-electron chi connectivity index (χ4n) is 7.53. The van der Waals surface area contributed by atoms with Crippen LogP contribution >= 0.6 is 0 Å². The van der Waals surface area contributed by atoms with Crippen LogP contribution in [0.2, 0.25) is 0 Å². The molecule has 2 aliphatic carbocycles. The minimum atomic E-state index is -1.70. The topological polar surface area (TPSA) is 250 Å². The van der Waals surface area contributed by atoms with E-state index >= 15 is 0 Å². The van der Waals surface area contributed by atoms with Gasteiger partial charge in [-0.1, -0.05) is 0 Å². The number of hydrogen-bond acceptors (Lipinski definition) is 15. The molecular formula is C28H49O16+. The first-order chi connectivity index (χ1) is 21.0. The van der Waals surface area contributed by atoms with Crippen molar-refractivity contribution in [3.63, 3.8) is 0 Å². The highest BCUT2D eigenvalue weighted by molar-refractivity contribution is 5.00. The Morgan fingerprint density at radius 3 is 2.00 bits per heavy atom. The lowest BCUT2D eigenvalue weighted by Gasteiger charge is -2.50. The lowest BCUT2D eigenvalue weighted by Crippen LogP contribution is -2.65. The van der Waals surface area contributed by atoms with E-state index in [1.807, 2.05) is 0 Å². The average molecular weight is 642 g/mol. The van der Waals surface area contributed by atoms with Gasteiger partial charge in [-0.15, -0.1) is 0 Å². The van der Waals surface area contributed by atoms with E-state index in [1.54, 1.807) is 0 Å². The van der Waals surface area contributed by atoms with Gasteiger partial charge in [0.1, 0.15) is 54.9 Å². The van der Waals surface area contributed by atoms with Crippen LogP contribution in [-0.4, -0.2) is 182 Å². The Kier molecular flexibility index (Phi) is 11.5. The molecular weight excluding hydrogens is 592 g/mol. The zero-order valence-electron chi connectivity index (χ0n) is 24.8. The molecule has 44 heavy (non-hydrogen) atoms. The monoisotopic (exact) mass is 641 g/mol. The van der Waals surface area contributed by atoms with E-state index in [9.17, 15) is 46.0 Å². The molecule has 3 heterocycles. The number of fused-ring (bicyclic) bond motifs is 1. The predicted octanol–water partition coefficient (Wildman–Crippen LogP) is -4.76. The highest BCUT2D eigenvalue weighted by Crippen LogP contribution is 2.43. The van der Waals surface area contributed by atoms with Crippen molar-refractivity contribution < 1.29 is 79.1 Å². The number of ether oxygens (including phenoxy) is 7. The first-order valence-corrected chi connectivity index (χ1v) is 15.4. The van der Waals surface area contributed by atoms with Gasteiger partial charge >= 0.3 is 0 Å². The van der Waals surface area contributed by atoms with Gasteiger partial charge in [-0.2, -0.15) is 0 Å². The molecule has 0 aromatic heterocycles. The third-order valence-corrected chi connectivity index (χ3v) is 10.1. The van der Waals surface area contributed by atoms with Crippen molar-refractivity contribution in [2.24, 2.45) is 11.8 Å². The first-order valence-electron chi connectivity index (χ1n) is 15.4. The molecule has 0 spiro atoms. The van der Waals surface area contributed by atoms with Crippen molar-refractivity contribution in [1.29, 1.82) is 0 Å². The summed E-state index contributed by atoms with van der Waals surface area (Å²) in [6.07, 6.45) is -17.3. The van der Waals surface area contributed by atoms with Gasteiger partial charge in [-0.3, -0.25) is 0 Å². The largest absolute Gasteiger partial charge is 0.427 e. The molecule has 16 nitrogen and oxygen atoms in total. The highest BCUT2D eigenvalue weighted by Gasteiger charge is 2.56.